The summed E-state index contributed by atoms with van der Waals surface area (Å²) in [4.78, 5) is 15.9. The van der Waals surface area contributed by atoms with E-state index in [2.05, 4.69) is 54.9 Å². The van der Waals surface area contributed by atoms with E-state index in [4.69, 9.17) is 0 Å². The Morgan fingerprint density at radius 1 is 0.741 bits per heavy atom. The van der Waals surface area contributed by atoms with Crippen molar-refractivity contribution in [2.75, 3.05) is 6.54 Å². The molecule has 0 fully saturated rings. The molecule has 0 spiro atoms. The lowest BCUT2D eigenvalue weighted by atomic mass is 10.2. The van der Waals surface area contributed by atoms with Crippen molar-refractivity contribution < 1.29 is 0 Å². The van der Waals surface area contributed by atoms with Crippen LogP contribution in [-0.2, 0) is 19.6 Å². The number of hydrogen-bond acceptors (Lipinski definition) is 5. The lowest BCUT2D eigenvalue weighted by Crippen LogP contribution is -2.41. The minimum absolute atomic E-state index is 0.384. The van der Waals surface area contributed by atoms with Gasteiger partial charge in [0.2, 0.25) is 0 Å². The summed E-state index contributed by atoms with van der Waals surface area (Å²) in [6.07, 6.45) is 5.58. The molecule has 5 nitrogen and oxygen atoms in total. The first kappa shape index (κ1) is 19.7. The molecule has 0 bridgehead atoms. The van der Waals surface area contributed by atoms with Gasteiger partial charge in [-0.25, -0.2) is 0 Å². The van der Waals surface area contributed by atoms with E-state index in [1.807, 2.05) is 48.9 Å². The van der Waals surface area contributed by atoms with E-state index in [1.165, 1.54) is 0 Å². The van der Waals surface area contributed by atoms with Gasteiger partial charge in [-0.1, -0.05) is 18.2 Å². The monoisotopic (exact) mass is 375 g/mol. The molecule has 3 heterocycles. The Labute approximate surface area is 169 Å². The summed E-state index contributed by atoms with van der Waals surface area (Å²) in [6.45, 7) is 5.82. The first-order valence-corrected chi connectivity index (χ1v) is 10.2. The summed E-state index contributed by atoms with van der Waals surface area (Å²) in [5, 5.41) is 0. The number of pyridine rings is 3. The Bertz CT molecular complexity index is 744. The second-order valence-corrected chi connectivity index (χ2v) is 8.18. The molecule has 3 rings (SSSR count). The third-order valence-electron chi connectivity index (χ3n) is 4.54. The zero-order valence-corrected chi connectivity index (χ0v) is 18.1. The second kappa shape index (κ2) is 10.3. The fourth-order valence-corrected chi connectivity index (χ4v) is 4.02. The van der Waals surface area contributed by atoms with Crippen LogP contribution in [0.3, 0.4) is 0 Å². The normalized spacial score (nSPS) is 12.4. The van der Waals surface area contributed by atoms with Crippen LogP contribution < -0.4 is 0 Å². The molecule has 138 valence electrons. The zero-order valence-electron chi connectivity index (χ0n) is 16.1. The zero-order chi connectivity index (χ0) is 18.9. The van der Waals surface area contributed by atoms with Crippen molar-refractivity contribution in [3.05, 3.63) is 90.3 Å². The Kier molecular flexibility index (Phi) is 7.49. The van der Waals surface area contributed by atoms with Crippen LogP contribution in [0.2, 0.25) is 0 Å². The maximum absolute atomic E-state index is 4.51. The van der Waals surface area contributed by atoms with E-state index in [1.54, 1.807) is 0 Å². The van der Waals surface area contributed by atoms with Gasteiger partial charge in [-0.05, 0) is 49.9 Å². The molecule has 1 atom stereocenters. The highest BCUT2D eigenvalue weighted by Crippen LogP contribution is 2.12. The maximum Gasteiger partial charge on any atom is 0.322 e. The molecule has 6 heteroatoms. The molecule has 0 aliphatic heterocycles. The predicted molar refractivity (Wildman–Crippen MR) is 110 cm³/mol. The molecule has 3 aromatic rings. The number of nitrogens with zero attached hydrogens (tertiary/aromatic N) is 5. The Hall–Kier alpha value is -2.10. The first-order valence-electron chi connectivity index (χ1n) is 9.33. The van der Waals surface area contributed by atoms with Crippen LogP contribution in [0, 0.1) is 0 Å². The summed E-state index contributed by atoms with van der Waals surface area (Å²) in [6, 6.07) is 18.7. The van der Waals surface area contributed by atoms with E-state index in [0.29, 0.717) is 6.04 Å². The summed E-state index contributed by atoms with van der Waals surface area (Å²) in [5.41, 5.74) is 3.30. The molecule has 0 saturated heterocycles. The maximum atomic E-state index is 4.51. The number of hydrogen-bond donors (Lipinski definition) is 0. The van der Waals surface area contributed by atoms with Crippen LogP contribution in [-0.4, -0.2) is 52.8 Å². The Morgan fingerprint density at radius 2 is 1.19 bits per heavy atom. The first-order chi connectivity index (χ1) is 13.2. The third kappa shape index (κ3) is 6.53. The van der Waals surface area contributed by atoms with Crippen molar-refractivity contribution >= 4 is 16.5 Å². The van der Waals surface area contributed by atoms with Gasteiger partial charge >= 0.3 is 16.5 Å². The van der Waals surface area contributed by atoms with Crippen molar-refractivity contribution in [2.24, 2.45) is 0 Å². The van der Waals surface area contributed by atoms with Gasteiger partial charge in [0, 0.05) is 44.3 Å². The molecule has 0 amide bonds. The smallest absolute Gasteiger partial charge is 0.322 e. The molecule has 0 radical (unpaired) electrons. The van der Waals surface area contributed by atoms with Crippen LogP contribution in [0.15, 0.2) is 73.2 Å². The summed E-state index contributed by atoms with van der Waals surface area (Å²) < 4.78 is 2.46. The van der Waals surface area contributed by atoms with Crippen molar-refractivity contribution in [1.29, 1.82) is 0 Å². The average molecular weight is 375 g/mol. The van der Waals surface area contributed by atoms with E-state index >= 15 is 0 Å². The lowest BCUT2D eigenvalue weighted by molar-refractivity contribution is 0.161. The van der Waals surface area contributed by atoms with E-state index in [-0.39, 0.29) is 0 Å². The third-order valence-corrected chi connectivity index (χ3v) is 5.22. The van der Waals surface area contributed by atoms with Gasteiger partial charge in [-0.3, -0.25) is 19.9 Å². The van der Waals surface area contributed by atoms with Crippen LogP contribution in [0.4, 0.5) is 0 Å². The molecule has 0 aliphatic carbocycles. The van der Waals surface area contributed by atoms with E-state index in [0.717, 1.165) is 59.8 Å². The molecule has 0 aliphatic rings. The van der Waals surface area contributed by atoms with Gasteiger partial charge in [0.05, 0.1) is 17.1 Å². The standard InChI is InChI=1S/C21H24N5.Al.2H/c1-18(14-22-15-19-8-2-5-11-23-19)26(16-20-9-3-6-12-24-20)17-21-10-4-7-13-25-21;;;/h2-13,18H,14-17H2,1H3;;;/q-1;+1;;. The quantitative estimate of drug-likeness (QED) is 0.537. The molecule has 0 saturated carbocycles. The fourth-order valence-electron chi connectivity index (χ4n) is 3.17. The minimum Gasteiger partial charge on any atom is -0.384 e. The summed E-state index contributed by atoms with van der Waals surface area (Å²) >= 11 is 0.998. The highest BCUT2D eigenvalue weighted by atomic mass is 27.1. The molecular formula is C21H26AlN5. The van der Waals surface area contributed by atoms with Crippen molar-refractivity contribution in [2.45, 2.75) is 32.6 Å². The van der Waals surface area contributed by atoms with Gasteiger partial charge in [-0.15, -0.1) is 0 Å². The molecule has 0 aromatic carbocycles. The Balaban J connectivity index is 1.66. The van der Waals surface area contributed by atoms with Gasteiger partial charge < -0.3 is 3.88 Å². The SMILES string of the molecule is CC(C[N]([AlH2])Cc1ccccn1)N(Cc1ccccn1)Cc1ccccn1. The van der Waals surface area contributed by atoms with Crippen molar-refractivity contribution in [3.8, 4) is 0 Å². The molecular weight excluding hydrogens is 349 g/mol. The van der Waals surface area contributed by atoms with Gasteiger partial charge in [0.1, 0.15) is 0 Å². The van der Waals surface area contributed by atoms with Crippen LogP contribution in [0.1, 0.15) is 24.0 Å². The van der Waals surface area contributed by atoms with Crippen LogP contribution >= 0.6 is 0 Å². The lowest BCUT2D eigenvalue weighted by Gasteiger charge is -2.32. The van der Waals surface area contributed by atoms with Crippen molar-refractivity contribution in [1.82, 2.24) is 23.7 Å². The topological polar surface area (TPSA) is 45.2 Å². The van der Waals surface area contributed by atoms with Gasteiger partial charge in [0.25, 0.3) is 0 Å². The average Bonchev–Trinajstić information content (AvgIpc) is 2.70. The predicted octanol–water partition coefficient (Wildman–Crippen LogP) is 2.31. The highest BCUT2D eigenvalue weighted by Gasteiger charge is 2.17. The number of aromatic nitrogens is 3. The number of rotatable bonds is 9. The molecule has 0 N–H and O–H groups in total. The van der Waals surface area contributed by atoms with Crippen LogP contribution in [0.5, 0.6) is 0 Å². The van der Waals surface area contributed by atoms with Gasteiger partial charge in [0.15, 0.2) is 0 Å². The van der Waals surface area contributed by atoms with E-state index < -0.39 is 0 Å². The van der Waals surface area contributed by atoms with Crippen molar-refractivity contribution in [3.63, 3.8) is 0 Å². The van der Waals surface area contributed by atoms with Gasteiger partial charge in [-0.2, -0.15) is 0 Å². The summed E-state index contributed by atoms with van der Waals surface area (Å²) in [7, 11) is 0. The van der Waals surface area contributed by atoms with Crippen LogP contribution in [0.25, 0.3) is 0 Å². The molecule has 27 heavy (non-hydrogen) atoms. The fraction of sp³-hybridized carbons (Fsp3) is 0.286. The van der Waals surface area contributed by atoms with E-state index in [9.17, 15) is 0 Å². The summed E-state index contributed by atoms with van der Waals surface area (Å²) in [5.74, 6) is 0. The minimum atomic E-state index is 0.384. The second-order valence-electron chi connectivity index (χ2n) is 6.91. The molecule has 1 unspecified atom stereocenters. The largest absolute Gasteiger partial charge is 0.384 e. The highest BCUT2D eigenvalue weighted by molar-refractivity contribution is 6.04. The Morgan fingerprint density at radius 3 is 1.59 bits per heavy atom. The molecule has 3 aromatic heterocycles.